The van der Waals surface area contributed by atoms with Crippen molar-refractivity contribution in [3.8, 4) is 0 Å². The van der Waals surface area contributed by atoms with Crippen molar-refractivity contribution in [2.45, 2.75) is 85.8 Å². The van der Waals surface area contributed by atoms with E-state index in [2.05, 4.69) is 0 Å². The number of aliphatic carboxylic acids is 11. The van der Waals surface area contributed by atoms with Gasteiger partial charge in [0.2, 0.25) is 0 Å². The molecule has 2 saturated heterocycles. The third-order valence-corrected chi connectivity index (χ3v) is 9.64. The minimum Gasteiger partial charge on any atom is -0.548 e. The van der Waals surface area contributed by atoms with Crippen LogP contribution in [0.5, 0.6) is 0 Å². The molecule has 2 aliphatic heterocycles. The Hall–Kier alpha value is 4.24. The molecule has 0 amide bonds. The van der Waals surface area contributed by atoms with Gasteiger partial charge in [-0.05, 0) is 0 Å². The SMILES string of the molecule is O=CC(OCC(=O)[O-])C(OCC(=O)[O-])C(OCC(=O)[O-])C(COC1OC(COC2OC(COCC(=O)[O-])C(OCC(=O)[O-])C(OCC(=O)[O-])C2OCC(=O)[O-])C(OCC(=O)[O-])C(OCC(=O)[O-])C1OCC(=O)[O-])OCC(=O)[O-].[Na+].[Na+].[Na+].[Na+].[Na+].[Na+].[Na+].[Na+].[Na+].[Na+].[Na+]. The average molecular weight is 1380 g/mol. The Morgan fingerprint density at radius 1 is 0.315 bits per heavy atom. The Morgan fingerprint density at radius 2 is 0.596 bits per heavy atom. The predicted octanol–water partition coefficient (Wildman–Crippen LogP) is -54.2. The molecule has 14 atom stereocenters. The second-order valence-corrected chi connectivity index (χ2v) is 15.3. The fourth-order valence-corrected chi connectivity index (χ4v) is 6.96. The molecule has 0 aromatic rings. The smallest absolute Gasteiger partial charge is 0.548 e. The van der Waals surface area contributed by atoms with Gasteiger partial charge in [0.1, 0.15) is 73.2 Å². The molecule has 442 valence electrons. The number of carbonyl (C=O) groups is 12. The molecule has 49 heteroatoms. The Labute approximate surface area is 747 Å². The molecule has 14 unspecified atom stereocenters. The van der Waals surface area contributed by atoms with Crippen LogP contribution in [0.2, 0.25) is 0 Å². The van der Waals surface area contributed by atoms with Gasteiger partial charge >= 0.3 is 325 Å². The first kappa shape index (κ1) is 114. The number of carboxylic acids is 11. The monoisotopic (exact) mass is 1380 g/mol. The molecule has 0 radical (unpaired) electrons. The van der Waals surface area contributed by atoms with E-state index in [1.165, 1.54) is 0 Å². The summed E-state index contributed by atoms with van der Waals surface area (Å²) in [6.45, 7) is -19.8. The number of carboxylic acid groups (broad SMARTS) is 11. The number of carbonyl (C=O) groups excluding carboxylic acids is 12. The van der Waals surface area contributed by atoms with Crippen LogP contribution in [0.25, 0.3) is 0 Å². The standard InChI is InChI=1S/C40H54O38.11Na/c41-1-16(65-6-21(44)45)31(67-8-23(48)49)32(68-9-24(50)51)17(66-7-22(46)47)3-75-39-38(74-15-30(62)63)36(72-13-28(58)59)34(70-11-26(54)55)19(78-39)4-76-40-37(73-14-29(60)61)35(71-12-27(56)57)33(69-10-25(52)53)18(77-40)2-64-5-20(42)43;;;;;;;;;;;/h1,16-19,31-40H,2-15H2,(H,42,43)(H,44,45)(H,46,47)(H,48,49)(H,50,51)(H,52,53)(H,54,55)(H,56,57)(H,58,59)(H,60,61)(H,62,63);;;;;;;;;;;/q;11*+1/p-11. The Bertz CT molecular complexity index is 2080. The molecule has 2 rings (SSSR count). The maximum absolute atomic E-state index is 12.2. The molecule has 0 bridgehead atoms. The van der Waals surface area contributed by atoms with Crippen molar-refractivity contribution in [1.29, 1.82) is 0 Å². The molecule has 0 aliphatic carbocycles. The van der Waals surface area contributed by atoms with Gasteiger partial charge in [-0.1, -0.05) is 0 Å². The molecule has 2 heterocycles. The van der Waals surface area contributed by atoms with Crippen molar-refractivity contribution in [3.63, 3.8) is 0 Å². The van der Waals surface area contributed by atoms with Crippen LogP contribution < -0.4 is 381 Å². The van der Waals surface area contributed by atoms with Crippen molar-refractivity contribution in [3.05, 3.63) is 0 Å². The van der Waals surface area contributed by atoms with E-state index in [0.29, 0.717) is 0 Å². The molecule has 0 saturated carbocycles. The zero-order valence-electron chi connectivity index (χ0n) is 50.6. The second kappa shape index (κ2) is 64.3. The number of ether oxygens (including phenoxy) is 15. The van der Waals surface area contributed by atoms with Gasteiger partial charge in [0, 0.05) is 0 Å². The van der Waals surface area contributed by atoms with Crippen LogP contribution in [0.4, 0.5) is 0 Å². The van der Waals surface area contributed by atoms with Crippen LogP contribution in [-0.2, 0) is 129 Å². The van der Waals surface area contributed by atoms with Gasteiger partial charge in [0.15, 0.2) is 18.9 Å². The third-order valence-electron chi connectivity index (χ3n) is 9.64. The molecule has 2 aliphatic rings. The van der Waals surface area contributed by atoms with E-state index in [1.807, 2.05) is 0 Å². The second-order valence-electron chi connectivity index (χ2n) is 15.3. The van der Waals surface area contributed by atoms with Crippen LogP contribution >= 0.6 is 0 Å². The van der Waals surface area contributed by atoms with Crippen molar-refractivity contribution in [2.75, 3.05) is 92.5 Å². The normalized spacial score (nSPS) is 21.6. The van der Waals surface area contributed by atoms with Gasteiger partial charge in [0.05, 0.1) is 158 Å². The molecule has 0 spiro atoms. The Morgan fingerprint density at radius 3 is 0.933 bits per heavy atom. The minimum absolute atomic E-state index is 0. The number of hydrogen-bond donors (Lipinski definition) is 0. The molecule has 38 nitrogen and oxygen atoms in total. The number of rotatable bonds is 44. The van der Waals surface area contributed by atoms with E-state index in [0.717, 1.165) is 0 Å². The maximum Gasteiger partial charge on any atom is 1.00 e. The molecule has 0 aromatic carbocycles. The third kappa shape index (κ3) is 48.7. The number of hydrogen-bond acceptors (Lipinski definition) is 38. The van der Waals surface area contributed by atoms with Crippen molar-refractivity contribution >= 4 is 71.9 Å². The van der Waals surface area contributed by atoms with Crippen molar-refractivity contribution in [1.82, 2.24) is 0 Å². The van der Waals surface area contributed by atoms with E-state index < -0.39 is 244 Å². The zero-order valence-corrected chi connectivity index (χ0v) is 72.6. The maximum atomic E-state index is 12.2. The zero-order chi connectivity index (χ0) is 58.6. The summed E-state index contributed by atoms with van der Waals surface area (Å²) in [5.74, 6) is -22.2. The topological polar surface area (TPSA) is 597 Å². The Balaban J connectivity index is -0.000000709. The largest absolute Gasteiger partial charge is 1.00 e. The first-order valence-electron chi connectivity index (χ1n) is 21.7. The molecular weight excluding hydrogens is 1340 g/mol. The van der Waals surface area contributed by atoms with E-state index >= 15 is 0 Å². The molecular formula is C40H43Na11O38. The average Bonchev–Trinajstić information content (AvgIpc) is 3.33. The van der Waals surface area contributed by atoms with Gasteiger partial charge < -0.3 is 185 Å². The van der Waals surface area contributed by atoms with Crippen LogP contribution in [0, 0.1) is 0 Å². The Kier molecular flexibility index (Phi) is 82.8. The van der Waals surface area contributed by atoms with Gasteiger partial charge in [0.25, 0.3) is 0 Å². The van der Waals surface area contributed by atoms with E-state index in [9.17, 15) is 114 Å². The predicted molar refractivity (Wildman–Crippen MR) is 199 cm³/mol. The summed E-state index contributed by atoms with van der Waals surface area (Å²) in [6, 6.07) is 0. The van der Waals surface area contributed by atoms with Gasteiger partial charge in [-0.15, -0.1) is 0 Å². The van der Waals surface area contributed by atoms with Crippen molar-refractivity contribution < 1.29 is 510 Å². The fourth-order valence-electron chi connectivity index (χ4n) is 6.96. The van der Waals surface area contributed by atoms with Gasteiger partial charge in [-0.25, -0.2) is 0 Å². The summed E-state index contributed by atoms with van der Waals surface area (Å²) in [7, 11) is 0. The van der Waals surface area contributed by atoms with Crippen LogP contribution in [0.15, 0.2) is 0 Å². The van der Waals surface area contributed by atoms with Crippen molar-refractivity contribution in [2.24, 2.45) is 0 Å². The summed E-state index contributed by atoms with van der Waals surface area (Å²) < 4.78 is 80.4. The summed E-state index contributed by atoms with van der Waals surface area (Å²) in [5, 5.41) is 127. The quantitative estimate of drug-likeness (QED) is 0.0404. The van der Waals surface area contributed by atoms with E-state index in [1.54, 1.807) is 0 Å². The van der Waals surface area contributed by atoms with E-state index in [-0.39, 0.29) is 331 Å². The summed E-state index contributed by atoms with van der Waals surface area (Å²) in [6.07, 6.45) is -31.4. The van der Waals surface area contributed by atoms with Crippen LogP contribution in [-0.4, -0.2) is 250 Å². The summed E-state index contributed by atoms with van der Waals surface area (Å²) >= 11 is 0. The summed E-state index contributed by atoms with van der Waals surface area (Å²) in [5.41, 5.74) is 0. The molecule has 0 N–H and O–H groups in total. The first-order valence-corrected chi connectivity index (χ1v) is 21.7. The molecule has 89 heavy (non-hydrogen) atoms. The van der Waals surface area contributed by atoms with Gasteiger partial charge in [-0.3, -0.25) is 0 Å². The minimum atomic E-state index is -2.44. The molecule has 0 aromatic heterocycles. The molecule has 2 fully saturated rings. The van der Waals surface area contributed by atoms with Gasteiger partial charge in [-0.2, -0.15) is 0 Å². The van der Waals surface area contributed by atoms with Crippen LogP contribution in [0.3, 0.4) is 0 Å². The number of aldehydes is 1. The van der Waals surface area contributed by atoms with E-state index in [4.69, 9.17) is 71.1 Å². The first-order chi connectivity index (χ1) is 36.7. The summed E-state index contributed by atoms with van der Waals surface area (Å²) in [4.78, 5) is 139. The fraction of sp³-hybridized carbons (Fsp3) is 0.700. The van der Waals surface area contributed by atoms with Crippen LogP contribution in [0.1, 0.15) is 0 Å².